The second-order valence-electron chi connectivity index (χ2n) is 0.577. The van der Waals surface area contributed by atoms with E-state index < -0.39 is 0 Å². The van der Waals surface area contributed by atoms with E-state index in [-0.39, 0.29) is 34.8 Å². The maximum atomic E-state index is 4.90. The molecule has 0 amide bonds. The van der Waals surface area contributed by atoms with Crippen LogP contribution in [-0.4, -0.2) is 13.1 Å². The average molecular weight is 293 g/mol. The van der Waals surface area contributed by atoms with Gasteiger partial charge in [0.25, 0.3) is 0 Å². The van der Waals surface area contributed by atoms with Gasteiger partial charge < -0.3 is 23.9 Å². The summed E-state index contributed by atoms with van der Waals surface area (Å²) in [4.78, 5) is 0. The first-order valence-electron chi connectivity index (χ1n) is 1.32. The molecule has 0 bridgehead atoms. The van der Waals surface area contributed by atoms with E-state index in [0.29, 0.717) is 13.1 Å². The topological polar surface area (TPSA) is 52.0 Å². The van der Waals surface area contributed by atoms with Gasteiger partial charge >= 0.3 is 22.4 Å². The molecule has 0 spiro atoms. The van der Waals surface area contributed by atoms with Gasteiger partial charge in [-0.15, -0.1) is 0 Å². The van der Waals surface area contributed by atoms with Gasteiger partial charge in [0, 0.05) is 13.1 Å². The molecular formula is C2H8AuClN2. The third-order valence-electron chi connectivity index (χ3n) is 0.167. The first kappa shape index (κ1) is 15.8. The second kappa shape index (κ2) is 16.8. The molecule has 44 valence electrons. The maximum Gasteiger partial charge on any atom is 1.00 e. The van der Waals surface area contributed by atoms with Gasteiger partial charge in [-0.2, -0.15) is 0 Å². The van der Waals surface area contributed by atoms with E-state index in [4.69, 9.17) is 11.5 Å². The zero-order valence-electron chi connectivity index (χ0n) is 3.25. The van der Waals surface area contributed by atoms with Crippen LogP contribution in [0.15, 0.2) is 0 Å². The van der Waals surface area contributed by atoms with Gasteiger partial charge in [0.05, 0.1) is 0 Å². The van der Waals surface area contributed by atoms with Gasteiger partial charge in [-0.25, -0.2) is 0 Å². The summed E-state index contributed by atoms with van der Waals surface area (Å²) in [5.41, 5.74) is 9.81. The van der Waals surface area contributed by atoms with Gasteiger partial charge in [0.1, 0.15) is 0 Å². The van der Waals surface area contributed by atoms with Gasteiger partial charge in [-0.3, -0.25) is 0 Å². The van der Waals surface area contributed by atoms with Crippen molar-refractivity contribution < 1.29 is 34.8 Å². The molecule has 0 aliphatic rings. The fourth-order valence-electron chi connectivity index (χ4n) is 0. The summed E-state index contributed by atoms with van der Waals surface area (Å²) in [6.07, 6.45) is 0. The van der Waals surface area contributed by atoms with E-state index in [0.717, 1.165) is 0 Å². The van der Waals surface area contributed by atoms with E-state index >= 15 is 0 Å². The largest absolute Gasteiger partial charge is 1.00 e. The standard InChI is InChI=1S/C2H8N2.Au.ClH/c3-1-2-4;;/h1-4H2;;1H/q;+1;/p-1. The Morgan fingerprint density at radius 3 is 1.17 bits per heavy atom. The van der Waals surface area contributed by atoms with Crippen LogP contribution in [0.25, 0.3) is 0 Å². The molecule has 0 aliphatic carbocycles. The monoisotopic (exact) mass is 292 g/mol. The van der Waals surface area contributed by atoms with Crippen molar-refractivity contribution in [3.8, 4) is 0 Å². The number of hydrogen-bond donors (Lipinski definition) is 2. The minimum atomic E-state index is 0. The summed E-state index contributed by atoms with van der Waals surface area (Å²) < 4.78 is 0. The summed E-state index contributed by atoms with van der Waals surface area (Å²) in [6.45, 7) is 1.19. The Morgan fingerprint density at radius 1 is 1.00 bits per heavy atom. The van der Waals surface area contributed by atoms with E-state index in [9.17, 15) is 0 Å². The zero-order chi connectivity index (χ0) is 3.41. The average Bonchev–Trinajstić information content (AvgIpc) is 1.37. The minimum absolute atomic E-state index is 0. The number of nitrogens with two attached hydrogens (primary N) is 2. The molecule has 4 N–H and O–H groups in total. The molecule has 0 rings (SSSR count). The summed E-state index contributed by atoms with van der Waals surface area (Å²) in [6, 6.07) is 0. The molecule has 0 radical (unpaired) electrons. The molecule has 0 aromatic rings. The van der Waals surface area contributed by atoms with Crippen molar-refractivity contribution in [3.05, 3.63) is 0 Å². The van der Waals surface area contributed by atoms with Crippen molar-refractivity contribution >= 4 is 0 Å². The van der Waals surface area contributed by atoms with Crippen molar-refractivity contribution in [1.29, 1.82) is 0 Å². The number of halogens is 1. The van der Waals surface area contributed by atoms with Gasteiger partial charge in [0.15, 0.2) is 0 Å². The minimum Gasteiger partial charge on any atom is -1.00 e. The Bertz CT molecular complexity index is 13.5. The molecular weight excluding hydrogens is 284 g/mol. The molecule has 0 saturated carbocycles. The summed E-state index contributed by atoms with van der Waals surface area (Å²) >= 11 is 0. The molecule has 0 fully saturated rings. The van der Waals surface area contributed by atoms with Crippen LogP contribution in [0.5, 0.6) is 0 Å². The van der Waals surface area contributed by atoms with Crippen LogP contribution in [-0.2, 0) is 22.4 Å². The van der Waals surface area contributed by atoms with Crippen molar-refractivity contribution in [2.75, 3.05) is 13.1 Å². The van der Waals surface area contributed by atoms with Crippen LogP contribution >= 0.6 is 0 Å². The first-order valence-corrected chi connectivity index (χ1v) is 1.32. The van der Waals surface area contributed by atoms with E-state index in [1.807, 2.05) is 0 Å². The SMILES string of the molecule is NCCN.[Au+].[Cl-]. The Morgan fingerprint density at radius 2 is 1.17 bits per heavy atom. The quantitative estimate of drug-likeness (QED) is 0.483. The normalized spacial score (nSPS) is 5.00. The molecule has 2 nitrogen and oxygen atoms in total. The Hall–Kier alpha value is 0.950. The molecule has 0 atom stereocenters. The van der Waals surface area contributed by atoms with Gasteiger partial charge in [-0.05, 0) is 0 Å². The van der Waals surface area contributed by atoms with Crippen molar-refractivity contribution in [3.63, 3.8) is 0 Å². The van der Waals surface area contributed by atoms with Crippen molar-refractivity contribution in [1.82, 2.24) is 0 Å². The Balaban J connectivity index is -0.0000000450. The predicted octanol–water partition coefficient (Wildman–Crippen LogP) is -4.09. The van der Waals surface area contributed by atoms with Crippen LogP contribution in [0.3, 0.4) is 0 Å². The molecule has 0 aliphatic heterocycles. The molecule has 0 unspecified atom stereocenters. The summed E-state index contributed by atoms with van der Waals surface area (Å²) in [5, 5.41) is 0. The Kier molecular flexibility index (Phi) is 44.0. The summed E-state index contributed by atoms with van der Waals surface area (Å²) in [7, 11) is 0. The third-order valence-corrected chi connectivity index (χ3v) is 0.167. The number of rotatable bonds is 1. The third kappa shape index (κ3) is 20.3. The predicted molar refractivity (Wildman–Crippen MR) is 18.1 cm³/mol. The van der Waals surface area contributed by atoms with Crippen molar-refractivity contribution in [2.45, 2.75) is 0 Å². The maximum absolute atomic E-state index is 4.90. The first-order chi connectivity index (χ1) is 1.91. The fraction of sp³-hybridized carbons (Fsp3) is 1.00. The summed E-state index contributed by atoms with van der Waals surface area (Å²) in [5.74, 6) is 0. The van der Waals surface area contributed by atoms with Crippen LogP contribution in [0, 0.1) is 0 Å². The van der Waals surface area contributed by atoms with Gasteiger partial charge in [0.2, 0.25) is 0 Å². The van der Waals surface area contributed by atoms with E-state index in [1.165, 1.54) is 0 Å². The Labute approximate surface area is 59.6 Å². The van der Waals surface area contributed by atoms with E-state index in [2.05, 4.69) is 0 Å². The van der Waals surface area contributed by atoms with Crippen LogP contribution in [0.2, 0.25) is 0 Å². The van der Waals surface area contributed by atoms with Gasteiger partial charge in [-0.1, -0.05) is 0 Å². The smallest absolute Gasteiger partial charge is 1.00 e. The molecule has 6 heavy (non-hydrogen) atoms. The number of hydrogen-bond acceptors (Lipinski definition) is 2. The van der Waals surface area contributed by atoms with Crippen LogP contribution in [0.4, 0.5) is 0 Å². The van der Waals surface area contributed by atoms with E-state index in [1.54, 1.807) is 0 Å². The molecule has 0 aromatic heterocycles. The fourth-order valence-corrected chi connectivity index (χ4v) is 0. The zero-order valence-corrected chi connectivity index (χ0v) is 6.17. The second-order valence-corrected chi connectivity index (χ2v) is 0.577. The van der Waals surface area contributed by atoms with Crippen LogP contribution in [0.1, 0.15) is 0 Å². The van der Waals surface area contributed by atoms with Crippen molar-refractivity contribution in [2.24, 2.45) is 11.5 Å². The molecule has 0 heterocycles. The molecule has 4 heteroatoms. The molecule has 0 aromatic carbocycles. The van der Waals surface area contributed by atoms with Crippen LogP contribution < -0.4 is 23.9 Å². The molecule has 0 saturated heterocycles.